The number of benzene rings is 2. The number of rotatable bonds is 8. The van der Waals surface area contributed by atoms with Gasteiger partial charge in [0.1, 0.15) is 6.07 Å². The predicted octanol–water partition coefficient (Wildman–Crippen LogP) is 2.96. The lowest BCUT2D eigenvalue weighted by atomic mass is 10.1. The van der Waals surface area contributed by atoms with E-state index in [0.717, 1.165) is 0 Å². The molecule has 0 fully saturated rings. The molecule has 0 aromatic heterocycles. The summed E-state index contributed by atoms with van der Waals surface area (Å²) in [5.74, 6) is 0.0825. The zero-order valence-electron chi connectivity index (χ0n) is 16.1. The third kappa shape index (κ3) is 5.77. The number of nitrogens with one attached hydrogen (secondary N) is 1. The molecule has 0 spiro atoms. The molecule has 1 amide bonds. The summed E-state index contributed by atoms with van der Waals surface area (Å²) in [7, 11) is 4.42. The maximum Gasteiger partial charge on any atom is 0.310 e. The van der Waals surface area contributed by atoms with Gasteiger partial charge in [-0.25, -0.2) is 0 Å². The number of carbonyl (C=O) groups is 2. The average molecular weight is 419 g/mol. The Kier molecular flexibility index (Phi) is 7.69. The number of hydrogen-bond acceptors (Lipinski definition) is 7. The maximum atomic E-state index is 12.1. The van der Waals surface area contributed by atoms with Crippen molar-refractivity contribution in [1.82, 2.24) is 0 Å². The van der Waals surface area contributed by atoms with E-state index in [-0.39, 0.29) is 11.4 Å². The second kappa shape index (κ2) is 10.2. The van der Waals surface area contributed by atoms with Crippen molar-refractivity contribution < 1.29 is 28.5 Å². The van der Waals surface area contributed by atoms with Crippen molar-refractivity contribution in [2.45, 2.75) is 6.42 Å². The lowest BCUT2D eigenvalue weighted by Crippen LogP contribution is -2.21. The monoisotopic (exact) mass is 418 g/mol. The van der Waals surface area contributed by atoms with Crippen LogP contribution in [0.5, 0.6) is 17.2 Å². The lowest BCUT2D eigenvalue weighted by molar-refractivity contribution is -0.146. The molecule has 152 valence electrons. The van der Waals surface area contributed by atoms with Gasteiger partial charge in [-0.15, -0.1) is 0 Å². The molecule has 9 heteroatoms. The molecular weight excluding hydrogens is 400 g/mol. The maximum absolute atomic E-state index is 12.1. The fraction of sp³-hybridized carbons (Fsp3) is 0.250. The van der Waals surface area contributed by atoms with Gasteiger partial charge in [-0.05, 0) is 35.9 Å². The topological polar surface area (TPSA) is 107 Å². The Morgan fingerprint density at radius 2 is 1.72 bits per heavy atom. The number of amides is 1. The molecule has 2 rings (SSSR count). The normalized spacial score (nSPS) is 9.90. The molecule has 8 nitrogen and oxygen atoms in total. The van der Waals surface area contributed by atoms with E-state index in [1.54, 1.807) is 12.1 Å². The van der Waals surface area contributed by atoms with E-state index < -0.39 is 18.5 Å². The van der Waals surface area contributed by atoms with Crippen LogP contribution in [0.2, 0.25) is 5.02 Å². The third-order valence-electron chi connectivity index (χ3n) is 3.81. The van der Waals surface area contributed by atoms with Crippen molar-refractivity contribution in [2.75, 3.05) is 33.3 Å². The first-order chi connectivity index (χ1) is 13.9. The molecule has 0 saturated carbocycles. The van der Waals surface area contributed by atoms with Gasteiger partial charge in [-0.3, -0.25) is 9.59 Å². The molecule has 0 radical (unpaired) electrons. The molecule has 0 heterocycles. The van der Waals surface area contributed by atoms with E-state index in [2.05, 4.69) is 5.32 Å². The van der Waals surface area contributed by atoms with Crippen LogP contribution < -0.4 is 19.5 Å². The highest BCUT2D eigenvalue weighted by atomic mass is 35.5. The second-order valence-corrected chi connectivity index (χ2v) is 6.13. The summed E-state index contributed by atoms with van der Waals surface area (Å²) in [6.45, 7) is -0.471. The Labute approximate surface area is 172 Å². The Bertz CT molecular complexity index is 929. The Balaban J connectivity index is 1.95. The average Bonchev–Trinajstić information content (AvgIpc) is 2.71. The van der Waals surface area contributed by atoms with Crippen molar-refractivity contribution in [3.8, 4) is 23.3 Å². The number of carbonyl (C=O) groups excluding carboxylic acids is 2. The first-order valence-corrected chi connectivity index (χ1v) is 8.73. The number of anilines is 1. The number of ether oxygens (including phenoxy) is 4. The molecule has 2 aromatic carbocycles. The lowest BCUT2D eigenvalue weighted by Gasteiger charge is -2.14. The second-order valence-electron chi connectivity index (χ2n) is 5.73. The first kappa shape index (κ1) is 21.9. The molecule has 1 N–H and O–H groups in total. The molecule has 2 aromatic rings. The minimum absolute atomic E-state index is 0.0906. The molecule has 0 aliphatic rings. The zero-order chi connectivity index (χ0) is 21.4. The number of hydrogen-bond donors (Lipinski definition) is 1. The minimum atomic E-state index is -0.604. The Hall–Kier alpha value is -3.44. The SMILES string of the molecule is COc1cc(CC(=O)OCC(=O)Nc2ccc(C#N)c(Cl)c2)cc(OC)c1OC. The highest BCUT2D eigenvalue weighted by molar-refractivity contribution is 6.32. The third-order valence-corrected chi connectivity index (χ3v) is 4.12. The summed E-state index contributed by atoms with van der Waals surface area (Å²) < 4.78 is 20.7. The fourth-order valence-electron chi connectivity index (χ4n) is 2.48. The van der Waals surface area contributed by atoms with Gasteiger partial charge in [0.05, 0.1) is 38.3 Å². The summed E-state index contributed by atoms with van der Waals surface area (Å²) >= 11 is 5.91. The van der Waals surface area contributed by atoms with E-state index in [0.29, 0.717) is 34.1 Å². The van der Waals surface area contributed by atoms with E-state index in [1.807, 2.05) is 6.07 Å². The quantitative estimate of drug-likeness (QED) is 0.656. The Morgan fingerprint density at radius 1 is 1.07 bits per heavy atom. The molecule has 0 atom stereocenters. The molecular formula is C20H19ClN2O6. The van der Waals surface area contributed by atoms with E-state index >= 15 is 0 Å². The number of nitrogens with zero attached hydrogens (tertiary/aromatic N) is 1. The van der Waals surface area contributed by atoms with Crippen molar-refractivity contribution in [3.05, 3.63) is 46.5 Å². The van der Waals surface area contributed by atoms with Gasteiger partial charge in [0.2, 0.25) is 5.75 Å². The number of methoxy groups -OCH3 is 3. The number of halogens is 1. The van der Waals surface area contributed by atoms with Crippen molar-refractivity contribution in [2.24, 2.45) is 0 Å². The van der Waals surface area contributed by atoms with Gasteiger partial charge >= 0.3 is 5.97 Å². The van der Waals surface area contributed by atoms with Gasteiger partial charge in [-0.2, -0.15) is 5.26 Å². The van der Waals surface area contributed by atoms with Gasteiger partial charge in [0.15, 0.2) is 18.1 Å². The predicted molar refractivity (Wildman–Crippen MR) is 106 cm³/mol. The van der Waals surface area contributed by atoms with Crippen LogP contribution in [0.25, 0.3) is 0 Å². The summed E-state index contributed by atoms with van der Waals surface area (Å²) in [4.78, 5) is 24.1. The number of esters is 1. The summed E-state index contributed by atoms with van der Waals surface area (Å²) in [5.41, 5.74) is 1.25. The summed E-state index contributed by atoms with van der Waals surface area (Å²) in [5, 5.41) is 11.6. The van der Waals surface area contributed by atoms with E-state index in [4.69, 9.17) is 35.8 Å². The number of nitriles is 1. The molecule has 29 heavy (non-hydrogen) atoms. The van der Waals surface area contributed by atoms with Gasteiger partial charge in [0.25, 0.3) is 5.91 Å². The van der Waals surface area contributed by atoms with Gasteiger partial charge < -0.3 is 24.3 Å². The standard InChI is InChI=1S/C20H19ClN2O6/c1-26-16-6-12(7-17(27-2)20(16)28-3)8-19(25)29-11-18(24)23-14-5-4-13(10-22)15(21)9-14/h4-7,9H,8,11H2,1-3H3,(H,23,24). The van der Waals surface area contributed by atoms with Gasteiger partial charge in [-0.1, -0.05) is 11.6 Å². The van der Waals surface area contributed by atoms with Crippen LogP contribution in [0.3, 0.4) is 0 Å². The molecule has 0 aliphatic heterocycles. The molecule has 0 unspecified atom stereocenters. The van der Waals surface area contributed by atoms with Crippen molar-refractivity contribution >= 4 is 29.2 Å². The van der Waals surface area contributed by atoms with Crippen molar-refractivity contribution in [1.29, 1.82) is 5.26 Å². The Morgan fingerprint density at radius 3 is 2.24 bits per heavy atom. The molecule has 0 bridgehead atoms. The molecule has 0 aliphatic carbocycles. The minimum Gasteiger partial charge on any atom is -0.493 e. The van der Waals surface area contributed by atoms with Crippen molar-refractivity contribution in [3.63, 3.8) is 0 Å². The van der Waals surface area contributed by atoms with Gasteiger partial charge in [0, 0.05) is 5.69 Å². The fourth-order valence-corrected chi connectivity index (χ4v) is 2.70. The van der Waals surface area contributed by atoms with Crippen LogP contribution in [0, 0.1) is 11.3 Å². The zero-order valence-corrected chi connectivity index (χ0v) is 16.8. The van der Waals surface area contributed by atoms with Crippen LogP contribution in [-0.4, -0.2) is 39.8 Å². The van der Waals surface area contributed by atoms with E-state index in [9.17, 15) is 9.59 Å². The summed E-state index contributed by atoms with van der Waals surface area (Å²) in [6.07, 6.45) is -0.0906. The highest BCUT2D eigenvalue weighted by Gasteiger charge is 2.16. The van der Waals surface area contributed by atoms with E-state index in [1.165, 1.54) is 39.5 Å². The highest BCUT2D eigenvalue weighted by Crippen LogP contribution is 2.38. The largest absolute Gasteiger partial charge is 0.493 e. The first-order valence-electron chi connectivity index (χ1n) is 8.35. The van der Waals surface area contributed by atoms with Crippen LogP contribution in [0.15, 0.2) is 30.3 Å². The van der Waals surface area contributed by atoms with Crippen LogP contribution in [0.1, 0.15) is 11.1 Å². The molecule has 0 saturated heterocycles. The van der Waals surface area contributed by atoms with Crippen LogP contribution in [-0.2, 0) is 20.7 Å². The van der Waals surface area contributed by atoms with Crippen LogP contribution in [0.4, 0.5) is 5.69 Å². The smallest absolute Gasteiger partial charge is 0.310 e. The summed E-state index contributed by atoms with van der Waals surface area (Å²) in [6, 6.07) is 9.62. The van der Waals surface area contributed by atoms with Crippen LogP contribution >= 0.6 is 11.6 Å².